The molecule has 0 aromatic heterocycles. The molecule has 0 aromatic carbocycles. The first-order valence-corrected chi connectivity index (χ1v) is 6.50. The van der Waals surface area contributed by atoms with Gasteiger partial charge in [-0.05, 0) is 18.9 Å². The molecule has 2 atom stereocenters. The summed E-state index contributed by atoms with van der Waals surface area (Å²) >= 11 is 0. The van der Waals surface area contributed by atoms with Gasteiger partial charge in [0.1, 0.15) is 0 Å². The zero-order valence-electron chi connectivity index (χ0n) is 9.32. The number of piperidine rings is 1. The van der Waals surface area contributed by atoms with Crippen molar-refractivity contribution in [3.63, 3.8) is 0 Å². The summed E-state index contributed by atoms with van der Waals surface area (Å²) in [5, 5.41) is 3.10. The lowest BCUT2D eigenvalue weighted by Crippen LogP contribution is -2.52. The number of amides is 1. The quantitative estimate of drug-likeness (QED) is 0.608. The van der Waals surface area contributed by atoms with Crippen LogP contribution in [-0.2, 0) is 14.9 Å². The topological polar surface area (TPSA) is 96.5 Å². The summed E-state index contributed by atoms with van der Waals surface area (Å²) in [6.45, 7) is 3.47. The number of nitrogens with one attached hydrogen (secondary N) is 3. The maximum absolute atomic E-state index is 11.4. The Morgan fingerprint density at radius 1 is 1.44 bits per heavy atom. The lowest BCUT2D eigenvalue weighted by Gasteiger charge is -2.27. The number of carbonyl (C=O) groups is 1. The minimum Gasteiger partial charge on any atom is -0.452 e. The van der Waals surface area contributed by atoms with Crippen LogP contribution in [0.15, 0.2) is 0 Å². The van der Waals surface area contributed by atoms with E-state index in [0.717, 1.165) is 20.1 Å². The van der Waals surface area contributed by atoms with Crippen molar-refractivity contribution in [3.8, 4) is 0 Å². The van der Waals surface area contributed by atoms with Gasteiger partial charge in [-0.15, -0.1) is 0 Å². The molecule has 0 saturated carbocycles. The van der Waals surface area contributed by atoms with Crippen molar-refractivity contribution in [3.05, 3.63) is 0 Å². The van der Waals surface area contributed by atoms with Gasteiger partial charge >= 0.3 is 16.3 Å². The fourth-order valence-corrected chi connectivity index (χ4v) is 2.63. The standard InChI is InChI=1S/C8H17N3O4S/c1-6-3-7(5-9-4-6)10-16(13,14)11-8(12)15-2/h6-7,9-10H,3-5H2,1-2H3,(H,11,12). The van der Waals surface area contributed by atoms with E-state index in [9.17, 15) is 13.2 Å². The van der Waals surface area contributed by atoms with Crippen molar-refractivity contribution in [1.82, 2.24) is 14.8 Å². The largest absolute Gasteiger partial charge is 0.452 e. The number of methoxy groups -OCH3 is 1. The molecule has 1 saturated heterocycles. The third kappa shape index (κ3) is 4.33. The normalized spacial score (nSPS) is 26.1. The second-order valence-corrected chi connectivity index (χ2v) is 5.36. The first-order chi connectivity index (χ1) is 7.43. The molecule has 1 amide bonds. The molecular weight excluding hydrogens is 234 g/mol. The Labute approximate surface area is 95.1 Å². The van der Waals surface area contributed by atoms with Crippen LogP contribution in [0.1, 0.15) is 13.3 Å². The maximum atomic E-state index is 11.4. The molecular formula is C8H17N3O4S. The van der Waals surface area contributed by atoms with Crippen LogP contribution >= 0.6 is 0 Å². The summed E-state index contributed by atoms with van der Waals surface area (Å²) in [7, 11) is -2.72. The van der Waals surface area contributed by atoms with Gasteiger partial charge in [-0.2, -0.15) is 13.1 Å². The number of hydrogen-bond acceptors (Lipinski definition) is 5. The summed E-state index contributed by atoms with van der Waals surface area (Å²) < 4.78 is 31.2. The van der Waals surface area contributed by atoms with E-state index in [4.69, 9.17) is 0 Å². The first kappa shape index (κ1) is 13.2. The van der Waals surface area contributed by atoms with Crippen LogP contribution in [0.2, 0.25) is 0 Å². The van der Waals surface area contributed by atoms with Crippen molar-refractivity contribution in [1.29, 1.82) is 0 Å². The molecule has 1 rings (SSSR count). The number of rotatable bonds is 3. The summed E-state index contributed by atoms with van der Waals surface area (Å²) in [6, 6.07) is -0.203. The van der Waals surface area contributed by atoms with Crippen molar-refractivity contribution >= 4 is 16.3 Å². The van der Waals surface area contributed by atoms with Crippen molar-refractivity contribution < 1.29 is 17.9 Å². The van der Waals surface area contributed by atoms with E-state index in [2.05, 4.69) is 14.8 Å². The minimum absolute atomic E-state index is 0.203. The van der Waals surface area contributed by atoms with Gasteiger partial charge in [0.2, 0.25) is 0 Å². The average molecular weight is 251 g/mol. The van der Waals surface area contributed by atoms with Crippen LogP contribution in [0.5, 0.6) is 0 Å². The molecule has 1 aliphatic rings. The van der Waals surface area contributed by atoms with Crippen LogP contribution in [0.25, 0.3) is 0 Å². The second-order valence-electron chi connectivity index (χ2n) is 3.91. The van der Waals surface area contributed by atoms with Gasteiger partial charge in [0.25, 0.3) is 0 Å². The minimum atomic E-state index is -3.83. The van der Waals surface area contributed by atoms with Crippen molar-refractivity contribution in [2.24, 2.45) is 5.92 Å². The van der Waals surface area contributed by atoms with Crippen LogP contribution in [-0.4, -0.2) is 40.8 Å². The number of ether oxygens (including phenoxy) is 1. The van der Waals surface area contributed by atoms with E-state index in [1.54, 1.807) is 4.72 Å². The molecule has 8 heteroatoms. The average Bonchev–Trinajstić information content (AvgIpc) is 2.15. The molecule has 1 heterocycles. The Bertz CT molecular complexity index is 343. The molecule has 0 bridgehead atoms. The summed E-state index contributed by atoms with van der Waals surface area (Å²) in [5.41, 5.74) is 0. The summed E-state index contributed by atoms with van der Waals surface area (Å²) in [5.74, 6) is 0.402. The molecule has 7 nitrogen and oxygen atoms in total. The Balaban J connectivity index is 2.48. The van der Waals surface area contributed by atoms with E-state index in [0.29, 0.717) is 12.5 Å². The Morgan fingerprint density at radius 2 is 2.12 bits per heavy atom. The fraction of sp³-hybridized carbons (Fsp3) is 0.875. The molecule has 0 aliphatic carbocycles. The number of hydrogen-bond donors (Lipinski definition) is 3. The van der Waals surface area contributed by atoms with Gasteiger partial charge in [0.05, 0.1) is 7.11 Å². The first-order valence-electron chi connectivity index (χ1n) is 5.01. The van der Waals surface area contributed by atoms with Crippen molar-refractivity contribution in [2.45, 2.75) is 19.4 Å². The Hall–Kier alpha value is -0.860. The number of carbonyl (C=O) groups excluding carboxylic acids is 1. The van der Waals surface area contributed by atoms with E-state index >= 15 is 0 Å². The van der Waals surface area contributed by atoms with E-state index in [1.165, 1.54) is 0 Å². The third-order valence-electron chi connectivity index (χ3n) is 2.30. The Kier molecular flexibility index (Phi) is 4.51. The lowest BCUT2D eigenvalue weighted by molar-refractivity contribution is 0.177. The molecule has 1 fully saturated rings. The molecule has 1 aliphatic heterocycles. The lowest BCUT2D eigenvalue weighted by atomic mass is 9.99. The second kappa shape index (κ2) is 5.46. The van der Waals surface area contributed by atoms with Gasteiger partial charge in [-0.25, -0.2) is 9.52 Å². The Morgan fingerprint density at radius 3 is 2.69 bits per heavy atom. The molecule has 0 spiro atoms. The van der Waals surface area contributed by atoms with Gasteiger partial charge in [-0.1, -0.05) is 6.92 Å². The monoisotopic (exact) mass is 251 g/mol. The molecule has 16 heavy (non-hydrogen) atoms. The third-order valence-corrected chi connectivity index (χ3v) is 3.37. The zero-order chi connectivity index (χ0) is 12.2. The molecule has 94 valence electrons. The maximum Gasteiger partial charge on any atom is 0.421 e. The molecule has 0 radical (unpaired) electrons. The highest BCUT2D eigenvalue weighted by molar-refractivity contribution is 7.88. The van der Waals surface area contributed by atoms with Crippen LogP contribution in [0, 0.1) is 5.92 Å². The van der Waals surface area contributed by atoms with Gasteiger partial charge in [0.15, 0.2) is 0 Å². The highest BCUT2D eigenvalue weighted by atomic mass is 32.2. The van der Waals surface area contributed by atoms with Crippen molar-refractivity contribution in [2.75, 3.05) is 20.2 Å². The molecule has 0 aromatic rings. The highest BCUT2D eigenvalue weighted by Gasteiger charge is 2.24. The summed E-state index contributed by atoms with van der Waals surface area (Å²) in [4.78, 5) is 10.8. The predicted octanol–water partition coefficient (Wildman–Crippen LogP) is -0.825. The van der Waals surface area contributed by atoms with Gasteiger partial charge in [0, 0.05) is 12.6 Å². The predicted molar refractivity (Wildman–Crippen MR) is 58.0 cm³/mol. The van der Waals surface area contributed by atoms with Crippen LogP contribution < -0.4 is 14.8 Å². The van der Waals surface area contributed by atoms with E-state index in [1.807, 2.05) is 6.92 Å². The van der Waals surface area contributed by atoms with E-state index < -0.39 is 16.3 Å². The molecule has 2 unspecified atom stereocenters. The highest BCUT2D eigenvalue weighted by Crippen LogP contribution is 2.09. The van der Waals surface area contributed by atoms with Crippen LogP contribution in [0.4, 0.5) is 4.79 Å². The van der Waals surface area contributed by atoms with Gasteiger partial charge in [-0.3, -0.25) is 0 Å². The van der Waals surface area contributed by atoms with Crippen LogP contribution in [0.3, 0.4) is 0 Å². The molecule has 3 N–H and O–H groups in total. The fourth-order valence-electron chi connectivity index (χ4n) is 1.65. The smallest absolute Gasteiger partial charge is 0.421 e. The zero-order valence-corrected chi connectivity index (χ0v) is 10.1. The SMILES string of the molecule is COC(=O)NS(=O)(=O)NC1CNCC(C)C1. The van der Waals surface area contributed by atoms with E-state index in [-0.39, 0.29) is 6.04 Å². The van der Waals surface area contributed by atoms with Gasteiger partial charge < -0.3 is 10.1 Å². The summed E-state index contributed by atoms with van der Waals surface area (Å²) in [6.07, 6.45) is -0.251.